The summed E-state index contributed by atoms with van der Waals surface area (Å²) in [5.74, 6) is 0.922. The van der Waals surface area contributed by atoms with Crippen LogP contribution in [0.3, 0.4) is 0 Å². The number of aromatic nitrogens is 1. The average Bonchev–Trinajstić information content (AvgIpc) is 3.11. The second-order valence-electron chi connectivity index (χ2n) is 4.80. The van der Waals surface area contributed by atoms with Gasteiger partial charge >= 0.3 is 0 Å². The van der Waals surface area contributed by atoms with Gasteiger partial charge in [0.2, 0.25) is 0 Å². The summed E-state index contributed by atoms with van der Waals surface area (Å²) in [6, 6.07) is 5.70. The highest BCUT2D eigenvalue weighted by atomic mass is 79.9. The van der Waals surface area contributed by atoms with Gasteiger partial charge in [-0.05, 0) is 43.5 Å². The molecule has 0 aliphatic heterocycles. The zero-order valence-corrected chi connectivity index (χ0v) is 12.0. The zero-order chi connectivity index (χ0) is 13.4. The number of nitrogens with one attached hydrogen (secondary N) is 1. The molecule has 1 fully saturated rings. The van der Waals surface area contributed by atoms with Crippen LogP contribution >= 0.6 is 15.9 Å². The van der Waals surface area contributed by atoms with Gasteiger partial charge in [-0.25, -0.2) is 0 Å². The minimum atomic E-state index is -0.162. The van der Waals surface area contributed by atoms with Crippen LogP contribution < -0.4 is 5.32 Å². The van der Waals surface area contributed by atoms with Crippen molar-refractivity contribution in [3.63, 3.8) is 0 Å². The lowest BCUT2D eigenvalue weighted by atomic mass is 10.1. The van der Waals surface area contributed by atoms with E-state index in [1.165, 1.54) is 6.20 Å². The Labute approximate surface area is 119 Å². The van der Waals surface area contributed by atoms with E-state index < -0.39 is 0 Å². The van der Waals surface area contributed by atoms with Gasteiger partial charge < -0.3 is 9.84 Å². The van der Waals surface area contributed by atoms with Crippen LogP contribution in [0.15, 0.2) is 33.4 Å². The number of nitrogens with zero attached hydrogens (tertiary/aromatic N) is 1. The second kappa shape index (κ2) is 4.81. The minimum Gasteiger partial charge on any atom is -0.360 e. The first-order valence-corrected chi connectivity index (χ1v) is 6.96. The zero-order valence-electron chi connectivity index (χ0n) is 10.4. The number of hydrogen-bond donors (Lipinski definition) is 1. The first kappa shape index (κ1) is 12.4. The topological polar surface area (TPSA) is 55.1 Å². The maximum absolute atomic E-state index is 12.2. The highest BCUT2D eigenvalue weighted by Crippen LogP contribution is 2.41. The van der Waals surface area contributed by atoms with E-state index in [9.17, 15) is 4.79 Å². The van der Waals surface area contributed by atoms with Crippen LogP contribution in [0.1, 0.15) is 40.4 Å². The second-order valence-corrected chi connectivity index (χ2v) is 5.65. The minimum absolute atomic E-state index is 0.162. The molecule has 1 aliphatic carbocycles. The van der Waals surface area contributed by atoms with Gasteiger partial charge in [0.1, 0.15) is 5.56 Å². The van der Waals surface area contributed by atoms with Crippen LogP contribution in [-0.2, 0) is 0 Å². The molecule has 0 atom stereocenters. The van der Waals surface area contributed by atoms with Gasteiger partial charge in [0.05, 0.1) is 6.20 Å². The summed E-state index contributed by atoms with van der Waals surface area (Å²) in [5, 5.41) is 6.61. The fraction of sp³-hybridized carbons (Fsp3) is 0.286. The summed E-state index contributed by atoms with van der Waals surface area (Å²) in [6.07, 6.45) is 3.65. The Balaban J connectivity index is 1.80. The van der Waals surface area contributed by atoms with Gasteiger partial charge in [-0.1, -0.05) is 21.1 Å². The average molecular weight is 321 g/mol. The number of anilines is 1. The van der Waals surface area contributed by atoms with Gasteiger partial charge in [0.25, 0.3) is 5.91 Å². The summed E-state index contributed by atoms with van der Waals surface area (Å²) in [7, 11) is 0. The highest BCUT2D eigenvalue weighted by Gasteiger charge is 2.32. The quantitative estimate of drug-likeness (QED) is 0.933. The standard InChI is InChI=1S/C14H13BrN2O2/c1-8-6-10(4-5-12(8)15)17-14(18)11-7-16-19-13(11)9-2-3-9/h4-7,9H,2-3H2,1H3,(H,17,18). The van der Waals surface area contributed by atoms with E-state index in [0.29, 0.717) is 17.2 Å². The molecule has 2 aromatic rings. The van der Waals surface area contributed by atoms with Crippen LogP contribution in [0.4, 0.5) is 5.69 Å². The normalized spacial score (nSPS) is 14.4. The molecule has 98 valence electrons. The molecule has 1 aliphatic rings. The van der Waals surface area contributed by atoms with Crippen molar-refractivity contribution >= 4 is 27.5 Å². The van der Waals surface area contributed by atoms with Crippen molar-refractivity contribution < 1.29 is 9.32 Å². The van der Waals surface area contributed by atoms with Crippen LogP contribution in [0, 0.1) is 6.92 Å². The van der Waals surface area contributed by atoms with Crippen LogP contribution in [-0.4, -0.2) is 11.1 Å². The smallest absolute Gasteiger partial charge is 0.260 e. The third-order valence-corrected chi connectivity index (χ3v) is 4.10. The molecule has 1 aromatic heterocycles. The SMILES string of the molecule is Cc1cc(NC(=O)c2cnoc2C2CC2)ccc1Br. The third kappa shape index (κ3) is 2.56. The van der Waals surface area contributed by atoms with Gasteiger partial charge in [0, 0.05) is 16.1 Å². The monoisotopic (exact) mass is 320 g/mol. The van der Waals surface area contributed by atoms with Gasteiger partial charge in [-0.2, -0.15) is 0 Å². The summed E-state index contributed by atoms with van der Waals surface area (Å²) in [4.78, 5) is 12.2. The van der Waals surface area contributed by atoms with E-state index >= 15 is 0 Å². The predicted molar refractivity (Wildman–Crippen MR) is 75.3 cm³/mol. The number of halogens is 1. The van der Waals surface area contributed by atoms with Crippen LogP contribution in [0.5, 0.6) is 0 Å². The first-order chi connectivity index (χ1) is 9.15. The molecular weight excluding hydrogens is 308 g/mol. The molecule has 0 radical (unpaired) electrons. The summed E-state index contributed by atoms with van der Waals surface area (Å²) >= 11 is 3.44. The Morgan fingerprint density at radius 2 is 2.26 bits per heavy atom. The van der Waals surface area contributed by atoms with E-state index in [2.05, 4.69) is 26.4 Å². The molecule has 1 heterocycles. The van der Waals surface area contributed by atoms with Crippen molar-refractivity contribution in [3.8, 4) is 0 Å². The van der Waals surface area contributed by atoms with E-state index in [4.69, 9.17) is 4.52 Å². The molecule has 3 rings (SSSR count). The number of aryl methyl sites for hydroxylation is 1. The van der Waals surface area contributed by atoms with Gasteiger partial charge in [0.15, 0.2) is 5.76 Å². The lowest BCUT2D eigenvalue weighted by molar-refractivity contribution is 0.102. The van der Waals surface area contributed by atoms with Crippen molar-refractivity contribution in [2.24, 2.45) is 0 Å². The largest absolute Gasteiger partial charge is 0.360 e. The molecule has 0 saturated heterocycles. The first-order valence-electron chi connectivity index (χ1n) is 6.17. The van der Waals surface area contributed by atoms with Crippen molar-refractivity contribution in [3.05, 3.63) is 45.8 Å². The van der Waals surface area contributed by atoms with E-state index in [0.717, 1.165) is 28.6 Å². The number of carbonyl (C=O) groups is 1. The Morgan fingerprint density at radius 1 is 1.47 bits per heavy atom. The molecule has 1 amide bonds. The Hall–Kier alpha value is -1.62. The summed E-state index contributed by atoms with van der Waals surface area (Å²) < 4.78 is 6.19. The van der Waals surface area contributed by atoms with Crippen LogP contribution in [0.25, 0.3) is 0 Å². The lowest BCUT2D eigenvalue weighted by Crippen LogP contribution is -2.12. The maximum atomic E-state index is 12.2. The molecule has 1 aromatic carbocycles. The lowest BCUT2D eigenvalue weighted by Gasteiger charge is -2.06. The maximum Gasteiger partial charge on any atom is 0.260 e. The molecule has 0 spiro atoms. The molecule has 5 heteroatoms. The van der Waals surface area contributed by atoms with E-state index in [1.807, 2.05) is 25.1 Å². The Morgan fingerprint density at radius 3 is 2.95 bits per heavy atom. The molecule has 19 heavy (non-hydrogen) atoms. The Bertz CT molecular complexity index is 632. The molecule has 4 nitrogen and oxygen atoms in total. The van der Waals surface area contributed by atoms with E-state index in [-0.39, 0.29) is 5.91 Å². The number of amides is 1. The van der Waals surface area contributed by atoms with Crippen molar-refractivity contribution in [1.82, 2.24) is 5.16 Å². The van der Waals surface area contributed by atoms with Gasteiger partial charge in [-0.3, -0.25) is 4.79 Å². The molecule has 0 unspecified atom stereocenters. The molecule has 0 bridgehead atoms. The van der Waals surface area contributed by atoms with Gasteiger partial charge in [-0.15, -0.1) is 0 Å². The number of benzene rings is 1. The number of rotatable bonds is 3. The van der Waals surface area contributed by atoms with E-state index in [1.54, 1.807) is 0 Å². The predicted octanol–water partition coefficient (Wildman–Crippen LogP) is 3.88. The van der Waals surface area contributed by atoms with Crippen molar-refractivity contribution in [1.29, 1.82) is 0 Å². The Kier molecular flexibility index (Phi) is 3.14. The fourth-order valence-electron chi connectivity index (χ4n) is 1.98. The number of hydrogen-bond acceptors (Lipinski definition) is 3. The third-order valence-electron chi connectivity index (χ3n) is 3.21. The molecular formula is C14H13BrN2O2. The van der Waals surface area contributed by atoms with Crippen LogP contribution in [0.2, 0.25) is 0 Å². The molecule has 1 saturated carbocycles. The van der Waals surface area contributed by atoms with Crippen molar-refractivity contribution in [2.75, 3.05) is 5.32 Å². The summed E-state index contributed by atoms with van der Waals surface area (Å²) in [5.41, 5.74) is 2.39. The number of carbonyl (C=O) groups excluding carboxylic acids is 1. The fourth-order valence-corrected chi connectivity index (χ4v) is 2.23. The summed E-state index contributed by atoms with van der Waals surface area (Å²) in [6.45, 7) is 1.98. The highest BCUT2D eigenvalue weighted by molar-refractivity contribution is 9.10. The van der Waals surface area contributed by atoms with Crippen molar-refractivity contribution in [2.45, 2.75) is 25.7 Å². The molecule has 1 N–H and O–H groups in total.